The normalized spacial score (nSPS) is 14.6. The molecule has 1 aliphatic carbocycles. The molecule has 1 aliphatic rings. The minimum absolute atomic E-state index is 0.0303. The van der Waals surface area contributed by atoms with Crippen LogP contribution in [-0.4, -0.2) is 26.4 Å². The Balaban J connectivity index is 1.48. The van der Waals surface area contributed by atoms with Crippen LogP contribution in [0.25, 0.3) is 11.4 Å². The molecule has 1 atom stereocenters. The van der Waals surface area contributed by atoms with E-state index >= 15 is 0 Å². The molecule has 1 saturated carbocycles. The summed E-state index contributed by atoms with van der Waals surface area (Å²) in [6.45, 7) is 4.83. The zero-order valence-electron chi connectivity index (χ0n) is 17.8. The fourth-order valence-electron chi connectivity index (χ4n) is 3.68. The first-order valence-corrected chi connectivity index (χ1v) is 11.7. The predicted octanol–water partition coefficient (Wildman–Crippen LogP) is 5.10. The fourth-order valence-corrected chi connectivity index (χ4v) is 4.43. The van der Waals surface area contributed by atoms with Crippen LogP contribution < -0.4 is 5.32 Å². The third-order valence-corrected chi connectivity index (χ3v) is 6.25. The van der Waals surface area contributed by atoms with Gasteiger partial charge in [-0.3, -0.25) is 4.79 Å². The summed E-state index contributed by atoms with van der Waals surface area (Å²) in [7, 11) is 0. The van der Waals surface area contributed by atoms with Crippen LogP contribution in [0.5, 0.6) is 0 Å². The first-order chi connectivity index (χ1) is 15.0. The molecule has 0 saturated heterocycles. The number of hydrogen-bond acceptors (Lipinski definition) is 4. The van der Waals surface area contributed by atoms with Crippen molar-refractivity contribution in [2.45, 2.75) is 44.4 Å². The van der Waals surface area contributed by atoms with Gasteiger partial charge < -0.3 is 9.88 Å². The lowest BCUT2D eigenvalue weighted by molar-refractivity contribution is -0.119. The number of nitrogens with one attached hydrogen (secondary N) is 1. The van der Waals surface area contributed by atoms with Gasteiger partial charge in [0, 0.05) is 6.54 Å². The highest BCUT2D eigenvalue weighted by Gasteiger charge is 2.33. The van der Waals surface area contributed by atoms with Crippen molar-refractivity contribution in [3.05, 3.63) is 66.0 Å². The number of nitrogens with zero attached hydrogens (tertiary/aromatic N) is 3. The van der Waals surface area contributed by atoms with Crippen molar-refractivity contribution in [2.24, 2.45) is 11.8 Å². The van der Waals surface area contributed by atoms with Gasteiger partial charge in [0.1, 0.15) is 5.82 Å². The Hall–Kier alpha value is -2.67. The molecule has 7 heteroatoms. The Morgan fingerprint density at radius 2 is 1.84 bits per heavy atom. The van der Waals surface area contributed by atoms with Crippen LogP contribution in [-0.2, 0) is 11.3 Å². The van der Waals surface area contributed by atoms with Gasteiger partial charge in [0.05, 0.1) is 17.4 Å². The molecule has 1 amide bonds. The van der Waals surface area contributed by atoms with Gasteiger partial charge in [-0.2, -0.15) is 0 Å². The predicted molar refractivity (Wildman–Crippen MR) is 121 cm³/mol. The number of thioether (sulfide) groups is 1. The molecular formula is C24H27FN4OS. The van der Waals surface area contributed by atoms with Gasteiger partial charge in [0.2, 0.25) is 5.91 Å². The third kappa shape index (κ3) is 5.34. The Morgan fingerprint density at radius 3 is 2.52 bits per heavy atom. The number of aromatic nitrogens is 3. The number of rotatable bonds is 9. The third-order valence-electron chi connectivity index (χ3n) is 5.28. The number of carbonyl (C=O) groups is 1. The molecule has 0 radical (unpaired) electrons. The van der Waals surface area contributed by atoms with Gasteiger partial charge in [-0.1, -0.05) is 68.1 Å². The van der Waals surface area contributed by atoms with Gasteiger partial charge in [0.25, 0.3) is 0 Å². The molecule has 0 aliphatic heterocycles. The average Bonchev–Trinajstić information content (AvgIpc) is 3.53. The fraction of sp³-hybridized carbons (Fsp3) is 0.375. The van der Waals surface area contributed by atoms with Crippen molar-refractivity contribution in [2.75, 3.05) is 5.75 Å². The molecule has 4 rings (SSSR count). The van der Waals surface area contributed by atoms with Crippen LogP contribution in [0.15, 0.2) is 59.8 Å². The summed E-state index contributed by atoms with van der Waals surface area (Å²) in [4.78, 5) is 12.7. The van der Waals surface area contributed by atoms with Crippen LogP contribution >= 0.6 is 11.8 Å². The Labute approximate surface area is 186 Å². The molecule has 1 N–H and O–H groups in total. The first-order valence-electron chi connectivity index (χ1n) is 10.7. The van der Waals surface area contributed by atoms with Crippen LogP contribution in [0, 0.1) is 17.7 Å². The van der Waals surface area contributed by atoms with E-state index in [-0.39, 0.29) is 23.5 Å². The highest BCUT2D eigenvalue weighted by atomic mass is 32.2. The highest BCUT2D eigenvalue weighted by Crippen LogP contribution is 2.41. The van der Waals surface area contributed by atoms with E-state index in [1.165, 1.54) is 17.8 Å². The number of hydrogen-bond donors (Lipinski definition) is 1. The lowest BCUT2D eigenvalue weighted by Gasteiger charge is -2.19. The summed E-state index contributed by atoms with van der Waals surface area (Å²) in [6, 6.07) is 16.8. The maximum absolute atomic E-state index is 14.4. The number of halogens is 1. The monoisotopic (exact) mass is 438 g/mol. The summed E-state index contributed by atoms with van der Waals surface area (Å²) >= 11 is 1.34. The molecule has 1 fully saturated rings. The van der Waals surface area contributed by atoms with Gasteiger partial charge in [-0.25, -0.2) is 4.39 Å². The molecule has 2 aromatic carbocycles. The van der Waals surface area contributed by atoms with Crippen molar-refractivity contribution in [1.82, 2.24) is 20.1 Å². The molecular weight excluding hydrogens is 411 g/mol. The summed E-state index contributed by atoms with van der Waals surface area (Å²) in [5, 5.41) is 12.3. The van der Waals surface area contributed by atoms with E-state index in [1.807, 2.05) is 22.8 Å². The van der Waals surface area contributed by atoms with E-state index in [2.05, 4.69) is 41.5 Å². The molecule has 0 bridgehead atoms. The SMILES string of the molecule is CC(C)Cn1c(SCC(=O)NC(c2ccccc2)C2CC2)nnc1-c1ccccc1F. The first kappa shape index (κ1) is 21.6. The highest BCUT2D eigenvalue weighted by molar-refractivity contribution is 7.99. The van der Waals surface area contributed by atoms with Crippen LogP contribution in [0.4, 0.5) is 4.39 Å². The van der Waals surface area contributed by atoms with Gasteiger partial charge in [0.15, 0.2) is 11.0 Å². The minimum atomic E-state index is -0.329. The lowest BCUT2D eigenvalue weighted by atomic mass is 10.0. The topological polar surface area (TPSA) is 59.8 Å². The zero-order chi connectivity index (χ0) is 21.8. The number of carbonyl (C=O) groups excluding carboxylic acids is 1. The van der Waals surface area contributed by atoms with E-state index in [4.69, 9.17) is 0 Å². The lowest BCUT2D eigenvalue weighted by Crippen LogP contribution is -2.31. The van der Waals surface area contributed by atoms with E-state index in [0.717, 1.165) is 18.4 Å². The molecule has 1 aromatic heterocycles. The quantitative estimate of drug-likeness (QED) is 0.472. The minimum Gasteiger partial charge on any atom is -0.348 e. The molecule has 0 spiro atoms. The second-order valence-corrected chi connectivity index (χ2v) is 9.31. The smallest absolute Gasteiger partial charge is 0.230 e. The Morgan fingerprint density at radius 1 is 1.13 bits per heavy atom. The Bertz CT molecular complexity index is 1030. The standard InChI is InChI=1S/C24H27FN4OS/c1-16(2)14-29-23(19-10-6-7-11-20(19)25)27-28-24(29)31-15-21(30)26-22(18-12-13-18)17-8-4-3-5-9-17/h3-11,16,18,22H,12-15H2,1-2H3,(H,26,30). The summed E-state index contributed by atoms with van der Waals surface area (Å²) in [5.41, 5.74) is 1.57. The van der Waals surface area contributed by atoms with E-state index < -0.39 is 0 Å². The van der Waals surface area contributed by atoms with Crippen LogP contribution in [0.3, 0.4) is 0 Å². The van der Waals surface area contributed by atoms with Gasteiger partial charge in [-0.05, 0) is 42.4 Å². The maximum Gasteiger partial charge on any atom is 0.230 e. The second-order valence-electron chi connectivity index (χ2n) is 8.37. The second kappa shape index (κ2) is 9.64. The maximum atomic E-state index is 14.4. The zero-order valence-corrected chi connectivity index (χ0v) is 18.6. The van der Waals surface area contributed by atoms with Crippen molar-refractivity contribution >= 4 is 17.7 Å². The summed E-state index contributed by atoms with van der Waals surface area (Å²) < 4.78 is 16.3. The van der Waals surface area contributed by atoms with Crippen molar-refractivity contribution < 1.29 is 9.18 Å². The van der Waals surface area contributed by atoms with Crippen LogP contribution in [0.1, 0.15) is 38.3 Å². The molecule has 162 valence electrons. The summed E-state index contributed by atoms with van der Waals surface area (Å²) in [6.07, 6.45) is 2.28. The van der Waals surface area contributed by atoms with Gasteiger partial charge in [-0.15, -0.1) is 10.2 Å². The molecule has 1 unspecified atom stereocenters. The van der Waals surface area contributed by atoms with Crippen LogP contribution in [0.2, 0.25) is 0 Å². The number of amides is 1. The molecule has 3 aromatic rings. The van der Waals surface area contributed by atoms with Crippen molar-refractivity contribution in [3.63, 3.8) is 0 Å². The molecule has 5 nitrogen and oxygen atoms in total. The average molecular weight is 439 g/mol. The molecule has 31 heavy (non-hydrogen) atoms. The molecule has 1 heterocycles. The van der Waals surface area contributed by atoms with Crippen molar-refractivity contribution in [3.8, 4) is 11.4 Å². The van der Waals surface area contributed by atoms with E-state index in [0.29, 0.717) is 34.9 Å². The van der Waals surface area contributed by atoms with Crippen molar-refractivity contribution in [1.29, 1.82) is 0 Å². The van der Waals surface area contributed by atoms with E-state index in [1.54, 1.807) is 18.2 Å². The summed E-state index contributed by atoms with van der Waals surface area (Å²) in [5.74, 6) is 1.21. The van der Waals surface area contributed by atoms with E-state index in [9.17, 15) is 9.18 Å². The Kier molecular flexibility index (Phi) is 6.70. The number of benzene rings is 2. The van der Waals surface area contributed by atoms with Gasteiger partial charge >= 0.3 is 0 Å². The largest absolute Gasteiger partial charge is 0.348 e.